The van der Waals surface area contributed by atoms with E-state index in [9.17, 15) is 0 Å². The van der Waals surface area contributed by atoms with Crippen molar-refractivity contribution in [3.63, 3.8) is 0 Å². The summed E-state index contributed by atoms with van der Waals surface area (Å²) in [4.78, 5) is 9.85. The zero-order chi connectivity index (χ0) is 63.7. The Morgan fingerprint density at radius 1 is 0.188 bits per heavy atom. The number of para-hydroxylation sites is 10. The van der Waals surface area contributed by atoms with Crippen LogP contribution >= 0.6 is 0 Å². The first-order valence-electron chi connectivity index (χ1n) is 32.8. The van der Waals surface area contributed by atoms with Crippen LogP contribution in [0.4, 0.5) is 68.2 Å². The Hall–Kier alpha value is -12.9. The average molecular weight is 1230 g/mol. The molecule has 6 heteroatoms. The SMILES string of the molecule is c1ccc(-c2cccc(-c3ccccc3)c2N(c2cccc(N(c3ccccc3)c3cc(N(c4ccccc4)c4ccccc4)c4c5ccccc5n(-c5ccccc5)c4c3)c2)c2cc(N(c3ccccc3)c3ccccc3)c3c4ccccc4n(-c4ccccc4)c3c2)cc1. The van der Waals surface area contributed by atoms with Gasteiger partial charge in [-0.25, -0.2) is 0 Å². The molecule has 96 heavy (non-hydrogen) atoms. The standard InChI is InChI=1S/C90H64N6/c1-10-34-65(35-11-1)78-56-33-57-79(66-36-12-2-13-37-66)90(78)94(77-63-85(93(70-44-20-6-21-45-70)71-46-22-7-23-47-71)89-81-55-29-31-59-83(81)96(87(89)64-77)73-50-26-9-27-51-73)75-53-32-52-74(60-75)91(67-38-14-3-15-39-67)76-61-84(92(68-40-16-4-17-41-68)69-42-18-5-19-43-69)88-80-54-28-30-58-82(80)95(86(88)62-76)72-48-24-8-25-49-72/h1-64H. The van der Waals surface area contributed by atoms with Crippen LogP contribution in [0.5, 0.6) is 0 Å². The Balaban J connectivity index is 0.995. The van der Waals surface area contributed by atoms with E-state index in [2.05, 4.69) is 417 Å². The van der Waals surface area contributed by atoms with Gasteiger partial charge >= 0.3 is 0 Å². The highest BCUT2D eigenvalue weighted by molar-refractivity contribution is 6.20. The topological polar surface area (TPSA) is 22.8 Å². The van der Waals surface area contributed by atoms with Gasteiger partial charge in [0.25, 0.3) is 0 Å². The second-order valence-corrected chi connectivity index (χ2v) is 24.1. The van der Waals surface area contributed by atoms with Crippen LogP contribution in [-0.2, 0) is 0 Å². The summed E-state index contributed by atoms with van der Waals surface area (Å²) < 4.78 is 4.89. The molecule has 0 saturated carbocycles. The summed E-state index contributed by atoms with van der Waals surface area (Å²) in [5.74, 6) is 0. The van der Waals surface area contributed by atoms with E-state index in [1.807, 2.05) is 0 Å². The van der Waals surface area contributed by atoms with Gasteiger partial charge in [0.05, 0.1) is 50.5 Å². The molecule has 0 aliphatic rings. The van der Waals surface area contributed by atoms with E-state index in [0.29, 0.717) is 0 Å². The summed E-state index contributed by atoms with van der Waals surface area (Å²) in [5.41, 5.74) is 23.1. The normalized spacial score (nSPS) is 11.3. The molecule has 0 radical (unpaired) electrons. The number of benzene rings is 15. The van der Waals surface area contributed by atoms with E-state index in [-0.39, 0.29) is 0 Å². The number of anilines is 12. The molecule has 454 valence electrons. The summed E-state index contributed by atoms with van der Waals surface area (Å²) in [6.45, 7) is 0. The smallest absolute Gasteiger partial charge is 0.0618 e. The Kier molecular flexibility index (Phi) is 14.8. The zero-order valence-corrected chi connectivity index (χ0v) is 52.6. The minimum absolute atomic E-state index is 0.961. The van der Waals surface area contributed by atoms with E-state index in [0.717, 1.165) is 145 Å². The fourth-order valence-electron chi connectivity index (χ4n) is 14.3. The number of fused-ring (bicyclic) bond motifs is 6. The summed E-state index contributed by atoms with van der Waals surface area (Å²) in [6, 6.07) is 141. The minimum atomic E-state index is 0.961. The Morgan fingerprint density at radius 2 is 0.479 bits per heavy atom. The van der Waals surface area contributed by atoms with E-state index in [1.54, 1.807) is 0 Å². The van der Waals surface area contributed by atoms with E-state index in [4.69, 9.17) is 0 Å². The van der Waals surface area contributed by atoms with E-state index in [1.165, 1.54) is 0 Å². The first-order valence-corrected chi connectivity index (χ1v) is 32.8. The molecule has 0 bridgehead atoms. The summed E-state index contributed by atoms with van der Waals surface area (Å²) >= 11 is 0. The van der Waals surface area contributed by atoms with Crippen LogP contribution in [0.15, 0.2) is 388 Å². The van der Waals surface area contributed by atoms with Crippen LogP contribution in [0.25, 0.3) is 77.2 Å². The molecule has 0 aliphatic carbocycles. The highest BCUT2D eigenvalue weighted by atomic mass is 15.2. The second-order valence-electron chi connectivity index (χ2n) is 24.1. The van der Waals surface area contributed by atoms with E-state index >= 15 is 0 Å². The van der Waals surface area contributed by atoms with Gasteiger partial charge in [0.1, 0.15) is 0 Å². The molecular weight excluding hydrogens is 1170 g/mol. The molecule has 6 nitrogen and oxygen atoms in total. The van der Waals surface area contributed by atoms with Crippen molar-refractivity contribution in [2.45, 2.75) is 0 Å². The van der Waals surface area contributed by atoms with Crippen LogP contribution < -0.4 is 19.6 Å². The molecule has 17 aromatic rings. The van der Waals surface area contributed by atoms with Crippen LogP contribution in [0, 0.1) is 0 Å². The first-order chi connectivity index (χ1) is 47.7. The number of hydrogen-bond donors (Lipinski definition) is 0. The summed E-state index contributed by atoms with van der Waals surface area (Å²) in [7, 11) is 0. The molecule has 15 aromatic carbocycles. The van der Waals surface area contributed by atoms with Gasteiger partial charge in [0.15, 0.2) is 0 Å². The predicted octanol–water partition coefficient (Wildman–Crippen LogP) is 25.1. The molecule has 17 rings (SSSR count). The third kappa shape index (κ3) is 10.3. The highest BCUT2D eigenvalue weighted by Crippen LogP contribution is 2.54. The van der Waals surface area contributed by atoms with Gasteiger partial charge < -0.3 is 28.7 Å². The molecule has 0 amide bonds. The fraction of sp³-hybridized carbons (Fsp3) is 0. The van der Waals surface area contributed by atoms with Gasteiger partial charge in [-0.2, -0.15) is 0 Å². The van der Waals surface area contributed by atoms with E-state index < -0.39 is 0 Å². The number of rotatable bonds is 16. The molecule has 0 N–H and O–H groups in total. The van der Waals surface area contributed by atoms with Crippen molar-refractivity contribution in [2.75, 3.05) is 19.6 Å². The molecule has 0 aliphatic heterocycles. The van der Waals surface area contributed by atoms with Crippen molar-refractivity contribution < 1.29 is 0 Å². The molecule has 0 fully saturated rings. The lowest BCUT2D eigenvalue weighted by Crippen LogP contribution is -2.17. The number of hydrogen-bond acceptors (Lipinski definition) is 4. The molecular formula is C90H64N6. The monoisotopic (exact) mass is 1230 g/mol. The van der Waals surface area contributed by atoms with Gasteiger partial charge in [0.2, 0.25) is 0 Å². The van der Waals surface area contributed by atoms with Crippen LogP contribution in [0.2, 0.25) is 0 Å². The van der Waals surface area contributed by atoms with Gasteiger partial charge in [-0.3, -0.25) is 0 Å². The lowest BCUT2D eigenvalue weighted by molar-refractivity contribution is 1.17. The minimum Gasteiger partial charge on any atom is -0.310 e. The van der Waals surface area contributed by atoms with Gasteiger partial charge in [0, 0.05) is 83.9 Å². The van der Waals surface area contributed by atoms with Crippen LogP contribution in [0.1, 0.15) is 0 Å². The van der Waals surface area contributed by atoms with Crippen molar-refractivity contribution in [3.8, 4) is 33.6 Å². The first kappa shape index (κ1) is 57.0. The maximum Gasteiger partial charge on any atom is 0.0618 e. The highest BCUT2D eigenvalue weighted by Gasteiger charge is 2.30. The molecule has 0 spiro atoms. The third-order valence-corrected chi connectivity index (χ3v) is 18.3. The van der Waals surface area contributed by atoms with Crippen molar-refractivity contribution in [1.29, 1.82) is 0 Å². The lowest BCUT2D eigenvalue weighted by atomic mass is 9.94. The largest absolute Gasteiger partial charge is 0.310 e. The number of aromatic nitrogens is 2. The Morgan fingerprint density at radius 3 is 0.865 bits per heavy atom. The van der Waals surface area contributed by atoms with Crippen LogP contribution in [-0.4, -0.2) is 9.13 Å². The molecule has 0 saturated heterocycles. The molecule has 0 atom stereocenters. The quantitative estimate of drug-likeness (QED) is 0.0962. The molecule has 2 heterocycles. The van der Waals surface area contributed by atoms with Gasteiger partial charge in [-0.15, -0.1) is 0 Å². The summed E-state index contributed by atoms with van der Waals surface area (Å²) in [6.07, 6.45) is 0. The predicted molar refractivity (Wildman–Crippen MR) is 405 cm³/mol. The molecule has 2 aromatic heterocycles. The fourth-order valence-corrected chi connectivity index (χ4v) is 14.3. The lowest BCUT2D eigenvalue weighted by Gasteiger charge is -2.34. The van der Waals surface area contributed by atoms with Crippen molar-refractivity contribution in [2.24, 2.45) is 0 Å². The van der Waals surface area contributed by atoms with Crippen molar-refractivity contribution >= 4 is 112 Å². The zero-order valence-electron chi connectivity index (χ0n) is 52.6. The van der Waals surface area contributed by atoms with Gasteiger partial charge in [-0.05, 0) is 151 Å². The Labute approximate surface area is 559 Å². The number of nitrogens with zero attached hydrogens (tertiary/aromatic N) is 6. The molecule has 0 unspecified atom stereocenters. The van der Waals surface area contributed by atoms with Gasteiger partial charge in [-0.1, -0.05) is 249 Å². The maximum atomic E-state index is 2.54. The van der Waals surface area contributed by atoms with Crippen LogP contribution in [0.3, 0.4) is 0 Å². The second kappa shape index (κ2) is 25.0. The maximum absolute atomic E-state index is 2.54. The third-order valence-electron chi connectivity index (χ3n) is 18.3. The van der Waals surface area contributed by atoms with Crippen molar-refractivity contribution in [3.05, 3.63) is 388 Å². The van der Waals surface area contributed by atoms with Crippen molar-refractivity contribution in [1.82, 2.24) is 9.13 Å². The average Bonchev–Trinajstić information content (AvgIpc) is 1.47. The Bertz CT molecular complexity index is 5430. The summed E-state index contributed by atoms with van der Waals surface area (Å²) in [5, 5.41) is 4.58.